The predicted molar refractivity (Wildman–Crippen MR) is 132 cm³/mol. The highest BCUT2D eigenvalue weighted by Crippen LogP contribution is 2.23. The van der Waals surface area contributed by atoms with E-state index < -0.39 is 21.2 Å². The van der Waals surface area contributed by atoms with Gasteiger partial charge < -0.3 is 18.9 Å². The van der Waals surface area contributed by atoms with Crippen LogP contribution in [0.2, 0.25) is 0 Å². The smallest absolute Gasteiger partial charge is 0.366 e. The Kier molecular flexibility index (Phi) is 14.1. The number of ether oxygens (including phenoxy) is 4. The van der Waals surface area contributed by atoms with Gasteiger partial charge in [0.2, 0.25) is 7.14 Å². The van der Waals surface area contributed by atoms with Crippen molar-refractivity contribution in [2.45, 2.75) is 79.1 Å². The Morgan fingerprint density at radius 2 is 0.879 bits per heavy atom. The van der Waals surface area contributed by atoms with Gasteiger partial charge in [-0.3, -0.25) is 0 Å². The molecule has 0 radical (unpaired) electrons. The van der Waals surface area contributed by atoms with Gasteiger partial charge in [0.25, 0.3) is 0 Å². The molecule has 33 heavy (non-hydrogen) atoms. The second-order valence-electron chi connectivity index (χ2n) is 8.09. The third-order valence-electron chi connectivity index (χ3n) is 5.05. The molecule has 5 heteroatoms. The molecule has 184 valence electrons. The van der Waals surface area contributed by atoms with Gasteiger partial charge >= 0.3 is 21.2 Å². The van der Waals surface area contributed by atoms with E-state index in [9.17, 15) is 0 Å². The van der Waals surface area contributed by atoms with Crippen LogP contribution >= 0.6 is 0 Å². The molecule has 0 fully saturated rings. The Morgan fingerprint density at radius 3 is 1.24 bits per heavy atom. The van der Waals surface area contributed by atoms with Crippen molar-refractivity contribution in [3.05, 3.63) is 43.5 Å². The second kappa shape index (κ2) is 16.9. The van der Waals surface area contributed by atoms with E-state index in [1.54, 1.807) is 0 Å². The van der Waals surface area contributed by atoms with Crippen LogP contribution in [-0.4, -0.2) is 26.4 Å². The molecule has 0 saturated carbocycles. The summed E-state index contributed by atoms with van der Waals surface area (Å²) >= 11 is -0.479. The molecular formula is C28H42IO4+. The molecule has 0 amide bonds. The van der Waals surface area contributed by atoms with E-state index in [1.807, 2.05) is 0 Å². The van der Waals surface area contributed by atoms with Gasteiger partial charge in [0.05, 0.1) is 26.4 Å². The lowest BCUT2D eigenvalue weighted by molar-refractivity contribution is -0.599. The summed E-state index contributed by atoms with van der Waals surface area (Å²) in [5.74, 6) is 3.68. The summed E-state index contributed by atoms with van der Waals surface area (Å²) in [6.07, 6.45) is 8.71. The first kappa shape index (κ1) is 27.6. The normalized spacial score (nSPS) is 10.8. The van der Waals surface area contributed by atoms with Crippen LogP contribution in [0, 0.1) is 7.14 Å². The van der Waals surface area contributed by atoms with Gasteiger partial charge in [0.15, 0.2) is 11.5 Å². The molecule has 0 spiro atoms. The molecule has 0 bridgehead atoms. The highest BCUT2D eigenvalue weighted by Gasteiger charge is 2.26. The van der Waals surface area contributed by atoms with Gasteiger partial charge in [-0.05, 0) is 49.9 Å². The molecule has 0 heterocycles. The minimum atomic E-state index is -0.479. The predicted octanol–water partition coefficient (Wildman–Crippen LogP) is 4.53. The van der Waals surface area contributed by atoms with Crippen molar-refractivity contribution in [3.8, 4) is 23.0 Å². The number of rotatable bonds is 18. The average molecular weight is 570 g/mol. The Labute approximate surface area is 211 Å². The van der Waals surface area contributed by atoms with Gasteiger partial charge in [-0.25, -0.2) is 0 Å². The van der Waals surface area contributed by atoms with E-state index in [2.05, 4.69) is 64.1 Å². The summed E-state index contributed by atoms with van der Waals surface area (Å²) in [5.41, 5.74) is 0. The molecule has 4 nitrogen and oxygen atoms in total. The van der Waals surface area contributed by atoms with E-state index in [1.165, 1.54) is 7.14 Å². The fourth-order valence-corrected chi connectivity index (χ4v) is 5.46. The summed E-state index contributed by atoms with van der Waals surface area (Å²) in [6, 6.07) is 12.7. The Hall–Kier alpha value is -1.63. The Bertz CT molecular complexity index is 728. The lowest BCUT2D eigenvalue weighted by Crippen LogP contribution is -3.61. The monoisotopic (exact) mass is 569 g/mol. The molecule has 0 aliphatic carbocycles. The molecule has 0 unspecified atom stereocenters. The first-order valence-corrected chi connectivity index (χ1v) is 14.8. The first-order chi connectivity index (χ1) is 16.2. The quantitative estimate of drug-likeness (QED) is 0.195. The number of benzene rings is 2. The molecule has 2 rings (SSSR count). The van der Waals surface area contributed by atoms with E-state index in [4.69, 9.17) is 18.9 Å². The van der Waals surface area contributed by atoms with Crippen LogP contribution in [0.1, 0.15) is 79.1 Å². The summed E-state index contributed by atoms with van der Waals surface area (Å²) in [5, 5.41) is 0. The number of unbranched alkanes of at least 4 members (excludes halogenated alkanes) is 4. The van der Waals surface area contributed by atoms with Crippen molar-refractivity contribution >= 4 is 0 Å². The lowest BCUT2D eigenvalue weighted by Gasteiger charge is -2.11. The van der Waals surface area contributed by atoms with Crippen LogP contribution in [-0.2, 0) is 0 Å². The molecule has 2 aromatic rings. The van der Waals surface area contributed by atoms with Crippen LogP contribution in [0.3, 0.4) is 0 Å². The molecule has 0 aromatic heterocycles. The van der Waals surface area contributed by atoms with Crippen molar-refractivity contribution in [3.63, 3.8) is 0 Å². The van der Waals surface area contributed by atoms with E-state index in [0.29, 0.717) is 0 Å². The molecule has 0 saturated heterocycles. The number of halogens is 1. The van der Waals surface area contributed by atoms with E-state index in [0.717, 1.165) is 101 Å². The maximum atomic E-state index is 6.21. The minimum absolute atomic E-state index is 0.479. The molecule has 2 aromatic carbocycles. The second-order valence-corrected chi connectivity index (χ2v) is 11.0. The minimum Gasteiger partial charge on any atom is -0.493 e. The van der Waals surface area contributed by atoms with Crippen LogP contribution in [0.5, 0.6) is 23.0 Å². The van der Waals surface area contributed by atoms with Crippen molar-refractivity contribution in [1.82, 2.24) is 0 Å². The standard InChI is InChI=1S/C28H42IO4/c1-5-9-17-30-23-13-15-25(27(21-23)32-19-11-7-3)29-26-16-14-24(31-18-10-6-2)22-28(26)33-20-12-8-4/h13-16,21-22H,5-12,17-20H2,1-4H3/q+1. The van der Waals surface area contributed by atoms with Crippen molar-refractivity contribution in [2.75, 3.05) is 26.4 Å². The topological polar surface area (TPSA) is 36.9 Å². The molecule has 0 aliphatic heterocycles. The van der Waals surface area contributed by atoms with Crippen molar-refractivity contribution < 1.29 is 40.2 Å². The van der Waals surface area contributed by atoms with Gasteiger partial charge in [-0.15, -0.1) is 0 Å². The van der Waals surface area contributed by atoms with Crippen molar-refractivity contribution in [1.29, 1.82) is 0 Å². The fourth-order valence-electron chi connectivity index (χ4n) is 2.96. The maximum Gasteiger partial charge on any atom is 0.366 e. The Morgan fingerprint density at radius 1 is 0.515 bits per heavy atom. The van der Waals surface area contributed by atoms with Crippen molar-refractivity contribution in [2.24, 2.45) is 0 Å². The number of hydrogen-bond donors (Lipinski definition) is 0. The highest BCUT2D eigenvalue weighted by atomic mass is 127. The molecular weight excluding hydrogens is 527 g/mol. The molecule has 0 aliphatic rings. The SMILES string of the molecule is CCCCOc1ccc([I+]c2ccc(OCCCC)cc2OCCCC)c(OCCCC)c1. The van der Waals surface area contributed by atoms with Crippen LogP contribution in [0.25, 0.3) is 0 Å². The summed E-state index contributed by atoms with van der Waals surface area (Å²) < 4.78 is 26.8. The van der Waals surface area contributed by atoms with Gasteiger partial charge in [0, 0.05) is 12.1 Å². The first-order valence-electron chi connectivity index (χ1n) is 12.7. The van der Waals surface area contributed by atoms with E-state index in [-0.39, 0.29) is 0 Å². The summed E-state index contributed by atoms with van der Waals surface area (Å²) in [6.45, 7) is 11.7. The largest absolute Gasteiger partial charge is 0.493 e. The summed E-state index contributed by atoms with van der Waals surface area (Å²) in [7, 11) is 0. The van der Waals surface area contributed by atoms with Gasteiger partial charge in [0.1, 0.15) is 11.5 Å². The highest BCUT2D eigenvalue weighted by molar-refractivity contribution is 5.35. The zero-order valence-electron chi connectivity index (χ0n) is 21.0. The summed E-state index contributed by atoms with van der Waals surface area (Å²) in [4.78, 5) is 0. The van der Waals surface area contributed by atoms with Crippen LogP contribution in [0.4, 0.5) is 0 Å². The number of hydrogen-bond acceptors (Lipinski definition) is 4. The molecule has 0 atom stereocenters. The van der Waals surface area contributed by atoms with Gasteiger partial charge in [-0.1, -0.05) is 53.4 Å². The fraction of sp³-hybridized carbons (Fsp3) is 0.571. The average Bonchev–Trinajstić information content (AvgIpc) is 2.82. The zero-order valence-corrected chi connectivity index (χ0v) is 23.1. The van der Waals surface area contributed by atoms with E-state index >= 15 is 0 Å². The Balaban J connectivity index is 2.23. The van der Waals surface area contributed by atoms with Crippen LogP contribution < -0.4 is 40.2 Å². The maximum absolute atomic E-state index is 6.21. The lowest BCUT2D eigenvalue weighted by atomic mass is 10.3. The zero-order chi connectivity index (χ0) is 23.7. The molecule has 0 N–H and O–H groups in total. The third kappa shape index (κ3) is 10.4. The third-order valence-corrected chi connectivity index (χ3v) is 8.00. The van der Waals surface area contributed by atoms with Crippen LogP contribution in [0.15, 0.2) is 36.4 Å². The van der Waals surface area contributed by atoms with Gasteiger partial charge in [-0.2, -0.15) is 0 Å².